The molecule has 0 aliphatic carbocycles. The van der Waals surface area contributed by atoms with Gasteiger partial charge in [0.25, 0.3) is 0 Å². The summed E-state index contributed by atoms with van der Waals surface area (Å²) in [4.78, 5) is 7.28. The van der Waals surface area contributed by atoms with Crippen LogP contribution < -0.4 is 5.32 Å². The minimum absolute atomic E-state index is 0.159. The monoisotopic (exact) mass is 365 g/mol. The number of nitrogens with zero attached hydrogens (tertiary/aromatic N) is 1. The highest BCUT2D eigenvalue weighted by atomic mass is 35.5. The molecule has 0 radical (unpaired) electrons. The summed E-state index contributed by atoms with van der Waals surface area (Å²) in [6.07, 6.45) is 5.31. The van der Waals surface area contributed by atoms with Gasteiger partial charge in [-0.2, -0.15) is 0 Å². The zero-order valence-electron chi connectivity index (χ0n) is 13.6. The molecule has 6 heteroatoms. The predicted molar refractivity (Wildman–Crippen MR) is 103 cm³/mol. The van der Waals surface area contributed by atoms with Gasteiger partial charge in [-0.1, -0.05) is 23.7 Å². The molecular formula is C20H16ClN3O2. The summed E-state index contributed by atoms with van der Waals surface area (Å²) < 4.78 is 0. The van der Waals surface area contributed by atoms with Crippen molar-refractivity contribution in [2.45, 2.75) is 6.04 Å². The summed E-state index contributed by atoms with van der Waals surface area (Å²) in [7, 11) is 0. The molecule has 0 aliphatic heterocycles. The summed E-state index contributed by atoms with van der Waals surface area (Å²) in [5.74, 6) is -0.330. The van der Waals surface area contributed by atoms with Crippen LogP contribution in [0.4, 0.5) is 5.69 Å². The largest absolute Gasteiger partial charge is 0.504 e. The Hall–Kier alpha value is -3.18. The number of hydrogen-bond donors (Lipinski definition) is 4. The number of H-pyrrole nitrogens is 1. The number of aromatic hydroxyl groups is 2. The first-order chi connectivity index (χ1) is 12.6. The van der Waals surface area contributed by atoms with Crippen molar-refractivity contribution in [3.8, 4) is 11.5 Å². The second-order valence-electron chi connectivity index (χ2n) is 5.97. The van der Waals surface area contributed by atoms with E-state index in [1.807, 2.05) is 36.5 Å². The van der Waals surface area contributed by atoms with Crippen molar-refractivity contribution < 1.29 is 10.2 Å². The molecular weight excluding hydrogens is 350 g/mol. The van der Waals surface area contributed by atoms with Crippen molar-refractivity contribution in [2.24, 2.45) is 0 Å². The summed E-state index contributed by atoms with van der Waals surface area (Å²) in [6.45, 7) is 0. The third kappa shape index (κ3) is 2.93. The van der Waals surface area contributed by atoms with E-state index in [-0.39, 0.29) is 17.5 Å². The quantitative estimate of drug-likeness (QED) is 0.390. The maximum atomic E-state index is 9.96. The number of benzene rings is 2. The molecule has 0 saturated carbocycles. The Morgan fingerprint density at radius 3 is 2.58 bits per heavy atom. The van der Waals surface area contributed by atoms with Crippen molar-refractivity contribution in [3.05, 3.63) is 83.3 Å². The van der Waals surface area contributed by atoms with Gasteiger partial charge in [-0.25, -0.2) is 0 Å². The average Bonchev–Trinajstić information content (AvgIpc) is 3.08. The molecule has 5 nitrogen and oxygen atoms in total. The third-order valence-corrected chi connectivity index (χ3v) is 4.64. The van der Waals surface area contributed by atoms with Crippen LogP contribution in [0.15, 0.2) is 67.1 Å². The van der Waals surface area contributed by atoms with Crippen LogP contribution in [-0.4, -0.2) is 20.2 Å². The van der Waals surface area contributed by atoms with Crippen LogP contribution in [0.25, 0.3) is 10.9 Å². The smallest absolute Gasteiger partial charge is 0.157 e. The van der Waals surface area contributed by atoms with Gasteiger partial charge in [0.1, 0.15) is 0 Å². The fourth-order valence-corrected chi connectivity index (χ4v) is 3.35. The van der Waals surface area contributed by atoms with E-state index < -0.39 is 0 Å². The number of rotatable bonds is 4. The first-order valence-electron chi connectivity index (χ1n) is 8.07. The highest BCUT2D eigenvalue weighted by Gasteiger charge is 2.20. The van der Waals surface area contributed by atoms with Crippen molar-refractivity contribution in [1.82, 2.24) is 9.97 Å². The van der Waals surface area contributed by atoms with E-state index in [2.05, 4.69) is 15.3 Å². The number of aromatic nitrogens is 2. The zero-order valence-corrected chi connectivity index (χ0v) is 14.4. The molecule has 2 aromatic carbocycles. The Morgan fingerprint density at radius 1 is 1.00 bits per heavy atom. The molecule has 1 unspecified atom stereocenters. The van der Waals surface area contributed by atoms with Crippen LogP contribution in [-0.2, 0) is 0 Å². The normalized spacial score (nSPS) is 12.2. The second-order valence-corrected chi connectivity index (χ2v) is 6.38. The molecule has 4 rings (SSSR count). The summed E-state index contributed by atoms with van der Waals surface area (Å²) >= 11 is 6.45. The molecule has 130 valence electrons. The van der Waals surface area contributed by atoms with E-state index in [1.54, 1.807) is 24.5 Å². The van der Waals surface area contributed by atoms with E-state index >= 15 is 0 Å². The van der Waals surface area contributed by atoms with E-state index in [9.17, 15) is 10.2 Å². The molecule has 0 saturated heterocycles. The first-order valence-corrected chi connectivity index (χ1v) is 8.45. The number of fused-ring (bicyclic) bond motifs is 1. The minimum atomic E-state index is -0.294. The maximum Gasteiger partial charge on any atom is 0.157 e. The van der Waals surface area contributed by atoms with Crippen LogP contribution in [0.3, 0.4) is 0 Å². The fourth-order valence-electron chi connectivity index (χ4n) is 3.07. The molecule has 4 aromatic rings. The van der Waals surface area contributed by atoms with Gasteiger partial charge in [-0.05, 0) is 42.0 Å². The Morgan fingerprint density at radius 2 is 1.81 bits per heavy atom. The Labute approximate surface area is 154 Å². The maximum absolute atomic E-state index is 9.96. The van der Waals surface area contributed by atoms with Gasteiger partial charge in [0.05, 0.1) is 11.1 Å². The topological polar surface area (TPSA) is 81.2 Å². The summed E-state index contributed by atoms with van der Waals surface area (Å²) in [5.41, 5.74) is 3.53. The number of phenols is 2. The predicted octanol–water partition coefficient (Wildman–Crippen LogP) is 4.83. The van der Waals surface area contributed by atoms with Crippen LogP contribution in [0, 0.1) is 0 Å². The number of hydrogen-bond acceptors (Lipinski definition) is 4. The Balaban J connectivity index is 1.88. The molecule has 26 heavy (non-hydrogen) atoms. The van der Waals surface area contributed by atoms with E-state index in [1.165, 1.54) is 6.07 Å². The third-order valence-electron chi connectivity index (χ3n) is 4.32. The first kappa shape index (κ1) is 16.3. The van der Waals surface area contributed by atoms with Gasteiger partial charge < -0.3 is 20.5 Å². The number of anilines is 1. The standard InChI is InChI=1S/C20H16ClN3O2/c21-15-2-1-3-16-19(15)14(11-23-16)20(24-13-6-8-22-9-7-13)12-4-5-17(25)18(26)10-12/h1-11,20,23,25-26H,(H,22,24). The molecule has 4 N–H and O–H groups in total. The molecule has 2 heterocycles. The molecule has 0 amide bonds. The summed E-state index contributed by atoms with van der Waals surface area (Å²) in [6, 6.07) is 13.9. The van der Waals surface area contributed by atoms with E-state index in [0.29, 0.717) is 5.02 Å². The number of aromatic amines is 1. The van der Waals surface area contributed by atoms with Crippen molar-refractivity contribution in [2.75, 3.05) is 5.32 Å². The van der Waals surface area contributed by atoms with Crippen LogP contribution in [0.5, 0.6) is 11.5 Å². The van der Waals surface area contributed by atoms with Gasteiger partial charge in [0, 0.05) is 40.7 Å². The Bertz CT molecular complexity index is 1060. The number of nitrogens with one attached hydrogen (secondary N) is 2. The number of pyridine rings is 1. The van der Waals surface area contributed by atoms with E-state index in [0.717, 1.165) is 27.7 Å². The van der Waals surface area contributed by atoms with E-state index in [4.69, 9.17) is 11.6 Å². The molecule has 1 atom stereocenters. The lowest BCUT2D eigenvalue weighted by atomic mass is 9.97. The van der Waals surface area contributed by atoms with Crippen LogP contribution in [0.1, 0.15) is 17.2 Å². The Kier molecular flexibility index (Phi) is 4.14. The van der Waals surface area contributed by atoms with Crippen LogP contribution >= 0.6 is 11.6 Å². The highest BCUT2D eigenvalue weighted by Crippen LogP contribution is 2.37. The molecule has 0 aliphatic rings. The van der Waals surface area contributed by atoms with Crippen molar-refractivity contribution in [3.63, 3.8) is 0 Å². The second kappa shape index (κ2) is 6.61. The van der Waals surface area contributed by atoms with Crippen molar-refractivity contribution in [1.29, 1.82) is 0 Å². The lowest BCUT2D eigenvalue weighted by Crippen LogP contribution is -2.12. The molecule has 0 spiro atoms. The number of phenolic OH excluding ortho intramolecular Hbond substituents is 2. The lowest BCUT2D eigenvalue weighted by molar-refractivity contribution is 0.403. The highest BCUT2D eigenvalue weighted by molar-refractivity contribution is 6.35. The van der Waals surface area contributed by atoms with Gasteiger partial charge in [-0.3, -0.25) is 4.98 Å². The zero-order chi connectivity index (χ0) is 18.1. The summed E-state index contributed by atoms with van der Waals surface area (Å²) in [5, 5.41) is 24.6. The fraction of sp³-hybridized carbons (Fsp3) is 0.0500. The molecule has 2 aromatic heterocycles. The SMILES string of the molecule is Oc1ccc(C(Nc2ccncc2)c2c[nH]c3cccc(Cl)c23)cc1O. The number of halogens is 1. The van der Waals surface area contributed by atoms with Gasteiger partial charge in [0.2, 0.25) is 0 Å². The van der Waals surface area contributed by atoms with Crippen LogP contribution in [0.2, 0.25) is 5.02 Å². The molecule has 0 fully saturated rings. The van der Waals surface area contributed by atoms with Gasteiger partial charge in [0.15, 0.2) is 11.5 Å². The average molecular weight is 366 g/mol. The van der Waals surface area contributed by atoms with Gasteiger partial charge >= 0.3 is 0 Å². The molecule has 0 bridgehead atoms. The van der Waals surface area contributed by atoms with Gasteiger partial charge in [-0.15, -0.1) is 0 Å². The minimum Gasteiger partial charge on any atom is -0.504 e. The van der Waals surface area contributed by atoms with Crippen molar-refractivity contribution >= 4 is 28.2 Å². The lowest BCUT2D eigenvalue weighted by Gasteiger charge is -2.21.